The minimum atomic E-state index is -1.20. The van der Waals surface area contributed by atoms with Crippen LogP contribution in [0.2, 0.25) is 0 Å². The number of amides is 1. The first kappa shape index (κ1) is 14.5. The Labute approximate surface area is 120 Å². The zero-order valence-corrected chi connectivity index (χ0v) is 12.3. The van der Waals surface area contributed by atoms with Crippen molar-refractivity contribution in [3.63, 3.8) is 0 Å². The van der Waals surface area contributed by atoms with E-state index in [1.54, 1.807) is 19.1 Å². The summed E-state index contributed by atoms with van der Waals surface area (Å²) >= 11 is 3.20. The molecule has 1 atom stereocenters. The van der Waals surface area contributed by atoms with Crippen LogP contribution in [0.25, 0.3) is 0 Å². The lowest BCUT2D eigenvalue weighted by Crippen LogP contribution is -2.54. The molecule has 19 heavy (non-hydrogen) atoms. The molecule has 0 saturated heterocycles. The molecule has 104 valence electrons. The number of aliphatic hydroxyl groups is 1. The Morgan fingerprint density at radius 1 is 1.58 bits per heavy atom. The summed E-state index contributed by atoms with van der Waals surface area (Å²) in [6.45, 7) is 1.81. The van der Waals surface area contributed by atoms with Crippen molar-refractivity contribution in [3.8, 4) is 0 Å². The Kier molecular flexibility index (Phi) is 4.26. The van der Waals surface area contributed by atoms with E-state index in [1.807, 2.05) is 0 Å². The predicted molar refractivity (Wildman–Crippen MR) is 74.2 cm³/mol. The van der Waals surface area contributed by atoms with E-state index in [1.165, 1.54) is 6.07 Å². The molecule has 0 bridgehead atoms. The molecule has 1 amide bonds. The van der Waals surface area contributed by atoms with Gasteiger partial charge in [-0.1, -0.05) is 22.0 Å². The Hall–Kier alpha value is -0.940. The maximum atomic E-state index is 13.7. The Bertz CT molecular complexity index is 488. The van der Waals surface area contributed by atoms with Gasteiger partial charge >= 0.3 is 0 Å². The van der Waals surface area contributed by atoms with Crippen molar-refractivity contribution in [3.05, 3.63) is 34.1 Å². The van der Waals surface area contributed by atoms with E-state index < -0.39 is 5.60 Å². The predicted octanol–water partition coefficient (Wildman–Crippen LogP) is 2.55. The second-order valence-electron chi connectivity index (χ2n) is 5.20. The SMILES string of the molecule is CC(Cc1ccc(Br)cc1F)NC(=O)C1(O)CCC1. The zero-order chi connectivity index (χ0) is 14.0. The van der Waals surface area contributed by atoms with Crippen molar-refractivity contribution in [2.45, 2.75) is 44.2 Å². The van der Waals surface area contributed by atoms with Crippen molar-refractivity contribution in [1.82, 2.24) is 5.32 Å². The van der Waals surface area contributed by atoms with Crippen molar-refractivity contribution < 1.29 is 14.3 Å². The summed E-state index contributed by atoms with van der Waals surface area (Å²) in [5.74, 6) is -0.637. The fourth-order valence-electron chi connectivity index (χ4n) is 2.16. The van der Waals surface area contributed by atoms with Crippen LogP contribution in [0.4, 0.5) is 4.39 Å². The average molecular weight is 330 g/mol. The fraction of sp³-hybridized carbons (Fsp3) is 0.500. The van der Waals surface area contributed by atoms with Gasteiger partial charge in [-0.2, -0.15) is 0 Å². The molecule has 1 saturated carbocycles. The zero-order valence-electron chi connectivity index (χ0n) is 10.7. The monoisotopic (exact) mass is 329 g/mol. The summed E-state index contributed by atoms with van der Waals surface area (Å²) in [5, 5.41) is 12.6. The molecule has 0 aromatic heterocycles. The number of hydrogen-bond acceptors (Lipinski definition) is 2. The van der Waals surface area contributed by atoms with Gasteiger partial charge in [0.25, 0.3) is 5.91 Å². The highest BCUT2D eigenvalue weighted by molar-refractivity contribution is 9.10. The third-order valence-corrected chi connectivity index (χ3v) is 4.02. The van der Waals surface area contributed by atoms with Gasteiger partial charge in [-0.15, -0.1) is 0 Å². The van der Waals surface area contributed by atoms with E-state index in [0.29, 0.717) is 29.3 Å². The van der Waals surface area contributed by atoms with Gasteiger partial charge in [0.2, 0.25) is 0 Å². The Balaban J connectivity index is 1.93. The molecule has 1 fully saturated rings. The number of halogens is 2. The van der Waals surface area contributed by atoms with Gasteiger partial charge in [0, 0.05) is 10.5 Å². The number of benzene rings is 1. The highest BCUT2D eigenvalue weighted by Crippen LogP contribution is 2.31. The first-order chi connectivity index (χ1) is 8.90. The lowest BCUT2D eigenvalue weighted by atomic mass is 9.79. The third-order valence-electron chi connectivity index (χ3n) is 3.52. The van der Waals surface area contributed by atoms with E-state index in [9.17, 15) is 14.3 Å². The molecular formula is C14H17BrFNO2. The van der Waals surface area contributed by atoms with Crippen LogP contribution >= 0.6 is 15.9 Å². The molecule has 1 aromatic carbocycles. The van der Waals surface area contributed by atoms with Gasteiger partial charge in [-0.25, -0.2) is 4.39 Å². The fourth-order valence-corrected chi connectivity index (χ4v) is 2.50. The molecule has 1 unspecified atom stereocenters. The van der Waals surface area contributed by atoms with Crippen LogP contribution in [0.3, 0.4) is 0 Å². The lowest BCUT2D eigenvalue weighted by Gasteiger charge is -2.35. The maximum Gasteiger partial charge on any atom is 0.252 e. The molecule has 1 aliphatic carbocycles. The lowest BCUT2D eigenvalue weighted by molar-refractivity contribution is -0.149. The van der Waals surface area contributed by atoms with Crippen LogP contribution in [0, 0.1) is 5.82 Å². The smallest absolute Gasteiger partial charge is 0.252 e. The van der Waals surface area contributed by atoms with Gasteiger partial charge in [-0.05, 0) is 50.3 Å². The molecule has 3 nitrogen and oxygen atoms in total. The number of rotatable bonds is 4. The molecule has 0 spiro atoms. The standard InChI is InChI=1S/C14H17BrFNO2/c1-9(17-13(18)14(19)5-2-6-14)7-10-3-4-11(15)8-12(10)16/h3-4,8-9,19H,2,5-7H2,1H3,(H,17,18). The molecule has 1 aliphatic rings. The summed E-state index contributed by atoms with van der Waals surface area (Å²) in [6, 6.07) is 4.66. The first-order valence-electron chi connectivity index (χ1n) is 6.38. The van der Waals surface area contributed by atoms with Crippen LogP contribution in [0.5, 0.6) is 0 Å². The van der Waals surface area contributed by atoms with Crippen LogP contribution in [-0.2, 0) is 11.2 Å². The van der Waals surface area contributed by atoms with E-state index in [2.05, 4.69) is 21.2 Å². The maximum absolute atomic E-state index is 13.7. The Morgan fingerprint density at radius 3 is 2.79 bits per heavy atom. The van der Waals surface area contributed by atoms with Crippen LogP contribution < -0.4 is 5.32 Å². The normalized spacial score (nSPS) is 18.5. The molecule has 5 heteroatoms. The average Bonchev–Trinajstić information content (AvgIpc) is 2.29. The molecule has 0 aliphatic heterocycles. The minimum absolute atomic E-state index is 0.215. The minimum Gasteiger partial charge on any atom is -0.380 e. The van der Waals surface area contributed by atoms with Crippen molar-refractivity contribution in [2.75, 3.05) is 0 Å². The largest absolute Gasteiger partial charge is 0.380 e. The Morgan fingerprint density at radius 2 is 2.26 bits per heavy atom. The van der Waals surface area contributed by atoms with Crippen molar-refractivity contribution >= 4 is 21.8 Å². The topological polar surface area (TPSA) is 49.3 Å². The molecule has 1 aromatic rings. The van der Waals surface area contributed by atoms with E-state index in [0.717, 1.165) is 6.42 Å². The molecule has 0 radical (unpaired) electrons. The van der Waals surface area contributed by atoms with Crippen molar-refractivity contribution in [2.24, 2.45) is 0 Å². The number of nitrogens with one attached hydrogen (secondary N) is 1. The van der Waals surface area contributed by atoms with Crippen LogP contribution in [0.15, 0.2) is 22.7 Å². The summed E-state index contributed by atoms with van der Waals surface area (Å²) < 4.78 is 14.4. The summed E-state index contributed by atoms with van der Waals surface area (Å²) in [5.41, 5.74) is -0.649. The van der Waals surface area contributed by atoms with Gasteiger partial charge < -0.3 is 10.4 Å². The van der Waals surface area contributed by atoms with Crippen molar-refractivity contribution in [1.29, 1.82) is 0 Å². The number of hydrogen-bond donors (Lipinski definition) is 2. The summed E-state index contributed by atoms with van der Waals surface area (Å²) in [4.78, 5) is 11.8. The third kappa shape index (κ3) is 3.34. The van der Waals surface area contributed by atoms with E-state index in [-0.39, 0.29) is 17.8 Å². The number of carbonyl (C=O) groups excluding carboxylic acids is 1. The first-order valence-corrected chi connectivity index (χ1v) is 7.17. The molecule has 0 heterocycles. The van der Waals surface area contributed by atoms with E-state index in [4.69, 9.17) is 0 Å². The molecule has 2 N–H and O–H groups in total. The number of carbonyl (C=O) groups is 1. The second kappa shape index (κ2) is 5.59. The highest BCUT2D eigenvalue weighted by Gasteiger charge is 2.42. The van der Waals surface area contributed by atoms with Crippen LogP contribution in [0.1, 0.15) is 31.7 Å². The van der Waals surface area contributed by atoms with Gasteiger partial charge in [-0.3, -0.25) is 4.79 Å². The van der Waals surface area contributed by atoms with Gasteiger partial charge in [0.1, 0.15) is 11.4 Å². The second-order valence-corrected chi connectivity index (χ2v) is 6.12. The van der Waals surface area contributed by atoms with Crippen LogP contribution in [-0.4, -0.2) is 22.7 Å². The summed E-state index contributed by atoms with van der Waals surface area (Å²) in [6.07, 6.45) is 2.30. The molecule has 2 rings (SSSR count). The van der Waals surface area contributed by atoms with Gasteiger partial charge in [0.15, 0.2) is 0 Å². The van der Waals surface area contributed by atoms with Gasteiger partial charge in [0.05, 0.1) is 0 Å². The van der Waals surface area contributed by atoms with E-state index >= 15 is 0 Å². The molecular weight excluding hydrogens is 313 g/mol. The highest BCUT2D eigenvalue weighted by atomic mass is 79.9. The summed E-state index contributed by atoms with van der Waals surface area (Å²) in [7, 11) is 0. The quantitative estimate of drug-likeness (QED) is 0.891.